The number of amides is 1. The fraction of sp³-hybridized carbons (Fsp3) is 0.417. The highest BCUT2D eigenvalue weighted by molar-refractivity contribution is 5.95. The lowest BCUT2D eigenvalue weighted by atomic mass is 10.0. The number of para-hydroxylation sites is 2. The minimum Gasteiger partial charge on any atom is -0.468 e. The molecule has 2 heterocycles. The summed E-state index contributed by atoms with van der Waals surface area (Å²) in [6.45, 7) is 6.79. The van der Waals surface area contributed by atoms with Gasteiger partial charge in [-0.1, -0.05) is 36.4 Å². The van der Waals surface area contributed by atoms with Crippen LogP contribution in [0.4, 0.5) is 16.2 Å². The Balaban J connectivity index is 0.000000207. The fourth-order valence-corrected chi connectivity index (χ4v) is 3.76. The Morgan fingerprint density at radius 1 is 1.10 bits per heavy atom. The smallest absolute Gasteiger partial charge is 0.414 e. The fourth-order valence-electron chi connectivity index (χ4n) is 3.76. The predicted octanol–water partition coefficient (Wildman–Crippen LogP) is 3.89. The van der Waals surface area contributed by atoms with Crippen LogP contribution >= 0.6 is 0 Å². The first kappa shape index (κ1) is 22.6. The van der Waals surface area contributed by atoms with Gasteiger partial charge >= 0.3 is 12.1 Å². The van der Waals surface area contributed by atoms with Crippen molar-refractivity contribution in [2.75, 3.05) is 37.0 Å². The number of aliphatic hydroxyl groups excluding tert-OH is 1. The zero-order chi connectivity index (χ0) is 22.6. The van der Waals surface area contributed by atoms with Crippen molar-refractivity contribution in [3.05, 3.63) is 59.7 Å². The van der Waals surface area contributed by atoms with Gasteiger partial charge in [0.2, 0.25) is 0 Å². The number of methoxy groups -OCH3 is 1. The maximum atomic E-state index is 12.2. The Morgan fingerprint density at radius 2 is 1.74 bits per heavy atom. The van der Waals surface area contributed by atoms with Crippen molar-refractivity contribution in [2.24, 2.45) is 0 Å². The predicted molar refractivity (Wildman–Crippen MR) is 120 cm³/mol. The van der Waals surface area contributed by atoms with E-state index in [1.807, 2.05) is 63.2 Å². The quantitative estimate of drug-likeness (QED) is 0.709. The SMILES string of the molecule is COC(=O)C1CN(C(=O)OC(C)(C)C)c2ccccc21.OCC1CNc2ccccc21. The standard InChI is InChI=1S/C15H19NO4.C9H11NO/c1-15(2,3)20-14(18)16-9-11(13(17)19-4)10-7-5-6-8-12(10)16;11-6-7-5-10-9-4-2-1-3-8(7)9/h5-8,11H,9H2,1-4H3;1-4,7,10-11H,5-6H2. The van der Waals surface area contributed by atoms with Crippen molar-refractivity contribution in [2.45, 2.75) is 38.2 Å². The Morgan fingerprint density at radius 3 is 2.39 bits per heavy atom. The number of nitrogens with one attached hydrogen (secondary N) is 1. The van der Waals surface area contributed by atoms with Crippen LogP contribution in [0.25, 0.3) is 0 Å². The monoisotopic (exact) mass is 426 g/mol. The van der Waals surface area contributed by atoms with Crippen LogP contribution < -0.4 is 10.2 Å². The van der Waals surface area contributed by atoms with Crippen LogP contribution in [0.15, 0.2) is 48.5 Å². The highest BCUT2D eigenvalue weighted by atomic mass is 16.6. The number of esters is 1. The molecule has 2 aliphatic rings. The number of aliphatic hydroxyl groups is 1. The lowest BCUT2D eigenvalue weighted by Crippen LogP contribution is -2.37. The Hall–Kier alpha value is -3.06. The van der Waals surface area contributed by atoms with Gasteiger partial charge in [-0.3, -0.25) is 9.69 Å². The number of nitrogens with zero attached hydrogens (tertiary/aromatic N) is 1. The summed E-state index contributed by atoms with van der Waals surface area (Å²) in [4.78, 5) is 25.5. The molecule has 31 heavy (non-hydrogen) atoms. The van der Waals surface area contributed by atoms with E-state index in [-0.39, 0.29) is 19.1 Å². The van der Waals surface area contributed by atoms with Crippen LogP contribution in [-0.4, -0.2) is 49.6 Å². The van der Waals surface area contributed by atoms with Crippen molar-refractivity contribution in [1.29, 1.82) is 0 Å². The summed E-state index contributed by atoms with van der Waals surface area (Å²) in [5.41, 5.74) is 3.35. The third-order valence-electron chi connectivity index (χ3n) is 5.23. The maximum Gasteiger partial charge on any atom is 0.414 e. The molecule has 0 fully saturated rings. The van der Waals surface area contributed by atoms with Crippen LogP contribution in [0.5, 0.6) is 0 Å². The molecule has 2 aliphatic heterocycles. The maximum absolute atomic E-state index is 12.2. The molecule has 4 rings (SSSR count). The molecule has 1 amide bonds. The summed E-state index contributed by atoms with van der Waals surface area (Å²) in [6.07, 6.45) is -0.448. The molecule has 0 saturated carbocycles. The van der Waals surface area contributed by atoms with Gasteiger partial charge in [-0.2, -0.15) is 0 Å². The lowest BCUT2D eigenvalue weighted by Gasteiger charge is -2.24. The van der Waals surface area contributed by atoms with Gasteiger partial charge in [0.1, 0.15) is 11.5 Å². The van der Waals surface area contributed by atoms with Crippen molar-refractivity contribution < 1.29 is 24.2 Å². The van der Waals surface area contributed by atoms with Gasteiger partial charge < -0.3 is 19.9 Å². The van der Waals surface area contributed by atoms with Gasteiger partial charge in [0, 0.05) is 24.7 Å². The zero-order valence-corrected chi connectivity index (χ0v) is 18.4. The molecule has 0 saturated heterocycles. The van der Waals surface area contributed by atoms with E-state index in [1.165, 1.54) is 23.3 Å². The summed E-state index contributed by atoms with van der Waals surface area (Å²) < 4.78 is 10.2. The Labute approximate surface area is 183 Å². The molecule has 7 nitrogen and oxygen atoms in total. The minimum absolute atomic E-state index is 0.240. The van der Waals surface area contributed by atoms with Crippen LogP contribution in [0.3, 0.4) is 0 Å². The normalized spacial score (nSPS) is 18.8. The molecule has 2 aromatic carbocycles. The summed E-state index contributed by atoms with van der Waals surface area (Å²) in [5.74, 6) is -0.501. The number of hydrogen-bond acceptors (Lipinski definition) is 6. The van der Waals surface area contributed by atoms with E-state index in [1.54, 1.807) is 0 Å². The number of fused-ring (bicyclic) bond motifs is 2. The van der Waals surface area contributed by atoms with E-state index in [2.05, 4.69) is 11.4 Å². The van der Waals surface area contributed by atoms with E-state index >= 15 is 0 Å². The van der Waals surface area contributed by atoms with Crippen molar-refractivity contribution in [3.8, 4) is 0 Å². The summed E-state index contributed by atoms with van der Waals surface area (Å²) in [7, 11) is 1.35. The number of ether oxygens (including phenoxy) is 2. The molecule has 0 spiro atoms. The topological polar surface area (TPSA) is 88.1 Å². The summed E-state index contributed by atoms with van der Waals surface area (Å²) in [5, 5.41) is 12.2. The summed E-state index contributed by atoms with van der Waals surface area (Å²) in [6, 6.07) is 15.4. The number of hydrogen-bond donors (Lipinski definition) is 2. The molecule has 7 heteroatoms. The first-order chi connectivity index (χ1) is 14.7. The average Bonchev–Trinajstić information content (AvgIpc) is 3.34. The minimum atomic E-state index is -0.574. The third-order valence-corrected chi connectivity index (χ3v) is 5.23. The zero-order valence-electron chi connectivity index (χ0n) is 18.4. The van der Waals surface area contributed by atoms with Gasteiger partial charge in [0.05, 0.1) is 19.4 Å². The molecule has 166 valence electrons. The average molecular weight is 427 g/mol. The second kappa shape index (κ2) is 9.39. The highest BCUT2D eigenvalue weighted by Crippen LogP contribution is 2.37. The molecule has 2 atom stereocenters. The molecule has 0 bridgehead atoms. The molecular weight excluding hydrogens is 396 g/mol. The first-order valence-electron chi connectivity index (χ1n) is 10.4. The largest absolute Gasteiger partial charge is 0.468 e. The second-order valence-corrected chi connectivity index (χ2v) is 8.57. The number of carbonyl (C=O) groups excluding carboxylic acids is 2. The molecule has 0 aromatic heterocycles. The van der Waals surface area contributed by atoms with Gasteiger partial charge in [-0.15, -0.1) is 0 Å². The molecule has 2 aromatic rings. The van der Waals surface area contributed by atoms with Crippen LogP contribution in [0.2, 0.25) is 0 Å². The number of benzene rings is 2. The molecular formula is C24H30N2O5. The van der Waals surface area contributed by atoms with Crippen LogP contribution in [0.1, 0.15) is 43.7 Å². The van der Waals surface area contributed by atoms with Crippen molar-refractivity contribution in [1.82, 2.24) is 0 Å². The summed E-state index contributed by atoms with van der Waals surface area (Å²) >= 11 is 0. The van der Waals surface area contributed by atoms with Crippen LogP contribution in [-0.2, 0) is 14.3 Å². The van der Waals surface area contributed by atoms with Gasteiger partial charge in [-0.05, 0) is 44.0 Å². The van der Waals surface area contributed by atoms with Crippen molar-refractivity contribution in [3.63, 3.8) is 0 Å². The molecule has 2 N–H and O–H groups in total. The first-order valence-corrected chi connectivity index (χ1v) is 10.4. The number of rotatable bonds is 2. The Bertz CT molecular complexity index is 938. The van der Waals surface area contributed by atoms with E-state index in [0.29, 0.717) is 11.6 Å². The second-order valence-electron chi connectivity index (χ2n) is 8.57. The Kier molecular flexibility index (Phi) is 6.85. The van der Waals surface area contributed by atoms with E-state index in [0.717, 1.165) is 12.1 Å². The van der Waals surface area contributed by atoms with E-state index in [4.69, 9.17) is 14.6 Å². The van der Waals surface area contributed by atoms with E-state index in [9.17, 15) is 9.59 Å². The van der Waals surface area contributed by atoms with Gasteiger partial charge in [0.15, 0.2) is 0 Å². The number of anilines is 2. The molecule has 0 radical (unpaired) electrons. The lowest BCUT2D eigenvalue weighted by molar-refractivity contribution is -0.142. The van der Waals surface area contributed by atoms with E-state index < -0.39 is 17.6 Å². The highest BCUT2D eigenvalue weighted by Gasteiger charge is 2.38. The molecule has 0 aliphatic carbocycles. The molecule has 2 unspecified atom stereocenters. The van der Waals surface area contributed by atoms with Gasteiger partial charge in [0.25, 0.3) is 0 Å². The van der Waals surface area contributed by atoms with Crippen LogP contribution in [0, 0.1) is 0 Å². The number of carbonyl (C=O) groups is 2. The third kappa shape index (κ3) is 5.17. The van der Waals surface area contributed by atoms with Crippen molar-refractivity contribution >= 4 is 23.4 Å². The van der Waals surface area contributed by atoms with Gasteiger partial charge in [-0.25, -0.2) is 4.79 Å².